The van der Waals surface area contributed by atoms with Gasteiger partial charge in [-0.2, -0.15) is 5.10 Å². The van der Waals surface area contributed by atoms with Crippen LogP contribution in [0.1, 0.15) is 20.1 Å². The molecule has 2 heterocycles. The Balaban J connectivity index is 2.32. The normalized spacial score (nSPS) is 12.6. The lowest BCUT2D eigenvalue weighted by Crippen LogP contribution is -2.09. The molecular formula is C12H15ClN4O. The van der Waals surface area contributed by atoms with Gasteiger partial charge < -0.3 is 10.5 Å². The van der Waals surface area contributed by atoms with Gasteiger partial charge >= 0.3 is 0 Å². The van der Waals surface area contributed by atoms with Crippen LogP contribution in [0.2, 0.25) is 5.02 Å². The standard InChI is InChI=1S/C12H15ClN4O/c1-3-18-8(2)17-7-9(6-16-17)10-4-5-15-12(14)11(10)13/h4-8H,3H2,1-2H3,(H2,14,15). The highest BCUT2D eigenvalue weighted by molar-refractivity contribution is 6.35. The van der Waals surface area contributed by atoms with Crippen LogP contribution in [0.25, 0.3) is 11.1 Å². The number of halogens is 1. The fourth-order valence-corrected chi connectivity index (χ4v) is 1.90. The first kappa shape index (κ1) is 12.9. The van der Waals surface area contributed by atoms with E-state index < -0.39 is 0 Å². The summed E-state index contributed by atoms with van der Waals surface area (Å²) in [6.45, 7) is 4.52. The van der Waals surface area contributed by atoms with Gasteiger partial charge in [0.1, 0.15) is 12.0 Å². The van der Waals surface area contributed by atoms with E-state index in [-0.39, 0.29) is 6.23 Å². The number of nitrogens with two attached hydrogens (primary N) is 1. The lowest BCUT2D eigenvalue weighted by atomic mass is 10.1. The van der Waals surface area contributed by atoms with Crippen LogP contribution in [0, 0.1) is 0 Å². The van der Waals surface area contributed by atoms with E-state index >= 15 is 0 Å². The number of rotatable bonds is 4. The smallest absolute Gasteiger partial charge is 0.147 e. The van der Waals surface area contributed by atoms with Crippen LogP contribution >= 0.6 is 11.6 Å². The molecule has 2 N–H and O–H groups in total. The molecule has 0 amide bonds. The fraction of sp³-hybridized carbons (Fsp3) is 0.333. The van der Waals surface area contributed by atoms with Crippen LogP contribution < -0.4 is 5.73 Å². The summed E-state index contributed by atoms with van der Waals surface area (Å²) in [6, 6.07) is 1.81. The summed E-state index contributed by atoms with van der Waals surface area (Å²) in [6.07, 6.45) is 5.12. The van der Waals surface area contributed by atoms with E-state index in [4.69, 9.17) is 22.1 Å². The summed E-state index contributed by atoms with van der Waals surface area (Å²) in [5.74, 6) is 0.319. The van der Waals surface area contributed by atoms with Crippen LogP contribution in [0.5, 0.6) is 0 Å². The average molecular weight is 267 g/mol. The van der Waals surface area contributed by atoms with Gasteiger partial charge in [-0.3, -0.25) is 0 Å². The van der Waals surface area contributed by atoms with Crippen LogP contribution in [-0.4, -0.2) is 21.4 Å². The van der Waals surface area contributed by atoms with Gasteiger partial charge in [-0.15, -0.1) is 0 Å². The third-order valence-corrected chi connectivity index (χ3v) is 3.01. The molecule has 2 aromatic heterocycles. The first-order valence-corrected chi connectivity index (χ1v) is 6.07. The number of aromatic nitrogens is 3. The minimum absolute atomic E-state index is 0.110. The van der Waals surface area contributed by atoms with Gasteiger partial charge in [0.25, 0.3) is 0 Å². The summed E-state index contributed by atoms with van der Waals surface area (Å²) in [5, 5.41) is 4.70. The Bertz CT molecular complexity index is 541. The zero-order chi connectivity index (χ0) is 13.1. The average Bonchev–Trinajstić information content (AvgIpc) is 2.82. The van der Waals surface area contributed by atoms with E-state index in [1.165, 1.54) is 0 Å². The number of ether oxygens (including phenoxy) is 1. The quantitative estimate of drug-likeness (QED) is 0.924. The Morgan fingerprint density at radius 1 is 1.56 bits per heavy atom. The molecule has 1 atom stereocenters. The Morgan fingerprint density at radius 3 is 3.06 bits per heavy atom. The maximum Gasteiger partial charge on any atom is 0.147 e. The molecule has 6 heteroatoms. The first-order chi connectivity index (χ1) is 8.63. The van der Waals surface area contributed by atoms with Crippen LogP contribution in [0.3, 0.4) is 0 Å². The lowest BCUT2D eigenvalue weighted by molar-refractivity contribution is 0.0160. The number of anilines is 1. The van der Waals surface area contributed by atoms with E-state index in [2.05, 4.69) is 10.1 Å². The molecule has 0 radical (unpaired) electrons. The van der Waals surface area contributed by atoms with Gasteiger partial charge in [0, 0.05) is 30.1 Å². The molecule has 5 nitrogen and oxygen atoms in total. The Labute approximate surface area is 111 Å². The van der Waals surface area contributed by atoms with Crippen molar-refractivity contribution >= 4 is 17.4 Å². The molecule has 0 spiro atoms. The summed E-state index contributed by atoms with van der Waals surface area (Å²) >= 11 is 6.12. The summed E-state index contributed by atoms with van der Waals surface area (Å²) in [4.78, 5) is 3.93. The van der Waals surface area contributed by atoms with Crippen molar-refractivity contribution in [3.05, 3.63) is 29.7 Å². The second-order valence-electron chi connectivity index (χ2n) is 3.82. The zero-order valence-electron chi connectivity index (χ0n) is 10.3. The van der Waals surface area contributed by atoms with Crippen LogP contribution in [0.4, 0.5) is 5.82 Å². The van der Waals surface area contributed by atoms with E-state index in [9.17, 15) is 0 Å². The Kier molecular flexibility index (Phi) is 3.84. The van der Waals surface area contributed by atoms with Crippen molar-refractivity contribution in [3.63, 3.8) is 0 Å². The molecule has 1 unspecified atom stereocenters. The van der Waals surface area contributed by atoms with Gasteiger partial charge in [0.2, 0.25) is 0 Å². The molecule has 0 aliphatic heterocycles. The highest BCUT2D eigenvalue weighted by atomic mass is 35.5. The van der Waals surface area contributed by atoms with Crippen molar-refractivity contribution in [2.24, 2.45) is 0 Å². The topological polar surface area (TPSA) is 66.0 Å². The molecule has 2 aromatic rings. The van der Waals surface area contributed by atoms with Gasteiger partial charge in [-0.05, 0) is 19.9 Å². The first-order valence-electron chi connectivity index (χ1n) is 5.69. The number of pyridine rings is 1. The van der Waals surface area contributed by atoms with E-state index in [0.29, 0.717) is 17.4 Å². The minimum atomic E-state index is -0.110. The van der Waals surface area contributed by atoms with Crippen molar-refractivity contribution in [1.82, 2.24) is 14.8 Å². The largest absolute Gasteiger partial charge is 0.382 e. The molecule has 0 saturated heterocycles. The predicted octanol–water partition coefficient (Wildman–Crippen LogP) is 2.74. The zero-order valence-corrected chi connectivity index (χ0v) is 11.1. The van der Waals surface area contributed by atoms with Gasteiger partial charge in [-0.1, -0.05) is 11.6 Å². The molecule has 0 aromatic carbocycles. The fourth-order valence-electron chi connectivity index (χ4n) is 1.68. The van der Waals surface area contributed by atoms with Crippen molar-refractivity contribution in [1.29, 1.82) is 0 Å². The van der Waals surface area contributed by atoms with Gasteiger partial charge in [0.05, 0.1) is 11.2 Å². The molecule has 0 aliphatic carbocycles. The van der Waals surface area contributed by atoms with Crippen molar-refractivity contribution in [2.45, 2.75) is 20.1 Å². The number of hydrogen-bond donors (Lipinski definition) is 1. The second-order valence-corrected chi connectivity index (χ2v) is 4.20. The summed E-state index contributed by atoms with van der Waals surface area (Å²) in [5.41, 5.74) is 7.39. The molecule has 18 heavy (non-hydrogen) atoms. The monoisotopic (exact) mass is 266 g/mol. The Morgan fingerprint density at radius 2 is 2.33 bits per heavy atom. The summed E-state index contributed by atoms with van der Waals surface area (Å²) < 4.78 is 7.20. The van der Waals surface area contributed by atoms with E-state index in [1.54, 1.807) is 17.1 Å². The number of nitrogens with zero attached hydrogens (tertiary/aromatic N) is 3. The second kappa shape index (κ2) is 5.37. The van der Waals surface area contributed by atoms with Gasteiger partial charge in [0.15, 0.2) is 0 Å². The highest BCUT2D eigenvalue weighted by Crippen LogP contribution is 2.30. The molecule has 96 valence electrons. The highest BCUT2D eigenvalue weighted by Gasteiger charge is 2.11. The molecule has 0 saturated carbocycles. The third kappa shape index (κ3) is 2.47. The Hall–Kier alpha value is -1.59. The van der Waals surface area contributed by atoms with E-state index in [0.717, 1.165) is 11.1 Å². The third-order valence-electron chi connectivity index (χ3n) is 2.61. The minimum Gasteiger partial charge on any atom is -0.382 e. The molecular weight excluding hydrogens is 252 g/mol. The maximum absolute atomic E-state index is 6.12. The number of hydrogen-bond acceptors (Lipinski definition) is 4. The van der Waals surface area contributed by atoms with Crippen molar-refractivity contribution in [3.8, 4) is 11.1 Å². The van der Waals surface area contributed by atoms with Crippen LogP contribution in [0.15, 0.2) is 24.7 Å². The SMILES string of the molecule is CCOC(C)n1cc(-c2ccnc(N)c2Cl)cn1. The molecule has 0 bridgehead atoms. The lowest BCUT2D eigenvalue weighted by Gasteiger charge is -2.11. The molecule has 0 aliphatic rings. The maximum atomic E-state index is 6.12. The van der Waals surface area contributed by atoms with E-state index in [1.807, 2.05) is 26.1 Å². The van der Waals surface area contributed by atoms with Crippen molar-refractivity contribution in [2.75, 3.05) is 12.3 Å². The molecule has 2 rings (SSSR count). The van der Waals surface area contributed by atoms with Gasteiger partial charge in [-0.25, -0.2) is 9.67 Å². The molecule has 0 fully saturated rings. The van der Waals surface area contributed by atoms with Crippen LogP contribution in [-0.2, 0) is 4.74 Å². The van der Waals surface area contributed by atoms with Crippen molar-refractivity contribution < 1.29 is 4.74 Å². The number of nitrogen functional groups attached to an aromatic ring is 1. The predicted molar refractivity (Wildman–Crippen MR) is 71.2 cm³/mol. The summed E-state index contributed by atoms with van der Waals surface area (Å²) in [7, 11) is 0.